The molecule has 146 valence electrons. The fourth-order valence-electron chi connectivity index (χ4n) is 2.47. The second-order valence-corrected chi connectivity index (χ2v) is 6.58. The molecule has 0 radical (unpaired) electrons. The van der Waals surface area contributed by atoms with E-state index in [1.807, 2.05) is 0 Å². The van der Waals surface area contributed by atoms with Crippen LogP contribution in [0.1, 0.15) is 17.3 Å². The van der Waals surface area contributed by atoms with Crippen molar-refractivity contribution in [3.63, 3.8) is 0 Å². The molecular formula is C18H15F2N3O4S. The van der Waals surface area contributed by atoms with Crippen LogP contribution in [0.5, 0.6) is 11.5 Å². The fraction of sp³-hybridized carbons (Fsp3) is 0.167. The number of nitrogens with one attached hydrogen (secondary N) is 2. The lowest BCUT2D eigenvalue weighted by Gasteiger charge is -2.14. The third-order valence-corrected chi connectivity index (χ3v) is 4.51. The van der Waals surface area contributed by atoms with Gasteiger partial charge in [-0.25, -0.2) is 4.98 Å². The molecule has 0 fully saturated rings. The second-order valence-electron chi connectivity index (χ2n) is 5.55. The summed E-state index contributed by atoms with van der Waals surface area (Å²) in [5.74, 6) is -1.20. The van der Waals surface area contributed by atoms with Crippen molar-refractivity contribution in [1.29, 1.82) is 0 Å². The number of amides is 2. The van der Waals surface area contributed by atoms with Gasteiger partial charge in [-0.2, -0.15) is 8.78 Å². The van der Waals surface area contributed by atoms with Crippen LogP contribution in [-0.2, 0) is 4.79 Å². The van der Waals surface area contributed by atoms with E-state index in [1.54, 1.807) is 18.2 Å². The van der Waals surface area contributed by atoms with Crippen LogP contribution in [0.4, 0.5) is 19.6 Å². The van der Waals surface area contributed by atoms with E-state index in [9.17, 15) is 18.4 Å². The molecule has 0 aliphatic heterocycles. The van der Waals surface area contributed by atoms with Crippen LogP contribution in [0.15, 0.2) is 36.4 Å². The lowest BCUT2D eigenvalue weighted by atomic mass is 10.1. The molecule has 0 saturated heterocycles. The van der Waals surface area contributed by atoms with E-state index in [4.69, 9.17) is 4.74 Å². The van der Waals surface area contributed by atoms with Gasteiger partial charge in [0.1, 0.15) is 0 Å². The maximum absolute atomic E-state index is 12.7. The van der Waals surface area contributed by atoms with E-state index in [1.165, 1.54) is 43.6 Å². The number of methoxy groups -OCH3 is 1. The minimum absolute atomic E-state index is 0.0193. The molecule has 3 aromatic rings. The molecule has 0 aliphatic carbocycles. The topological polar surface area (TPSA) is 89.5 Å². The first kappa shape index (κ1) is 19.5. The summed E-state index contributed by atoms with van der Waals surface area (Å²) in [5.41, 5.74) is 0.985. The highest BCUT2D eigenvalue weighted by Crippen LogP contribution is 2.33. The number of carbonyl (C=O) groups is 2. The first-order chi connectivity index (χ1) is 13.4. The van der Waals surface area contributed by atoms with Crippen molar-refractivity contribution in [2.24, 2.45) is 0 Å². The Morgan fingerprint density at radius 2 is 1.96 bits per heavy atom. The SMILES string of the molecule is COc1cccc(C(=O)Nc2ccc3nc(NC(C)=O)sc3c2)c1OC(F)F. The standard InChI is InChI=1S/C18H15F2N3O4S/c1-9(24)21-18-23-12-7-6-10(8-14(12)28-18)22-16(25)11-4-3-5-13(26-2)15(11)27-17(19)20/h3-8,17H,1-2H3,(H,22,25)(H,21,23,24). The molecule has 0 spiro atoms. The number of hydrogen-bond donors (Lipinski definition) is 2. The minimum Gasteiger partial charge on any atom is -0.493 e. The predicted octanol–water partition coefficient (Wildman–Crippen LogP) is 4.12. The van der Waals surface area contributed by atoms with Crippen molar-refractivity contribution in [3.8, 4) is 11.5 Å². The Labute approximate surface area is 162 Å². The number of halogens is 2. The van der Waals surface area contributed by atoms with Crippen molar-refractivity contribution >= 4 is 44.2 Å². The number of hydrogen-bond acceptors (Lipinski definition) is 6. The van der Waals surface area contributed by atoms with Gasteiger partial charge in [-0.3, -0.25) is 9.59 Å². The van der Waals surface area contributed by atoms with Gasteiger partial charge in [0.15, 0.2) is 16.6 Å². The van der Waals surface area contributed by atoms with Gasteiger partial charge in [-0.1, -0.05) is 17.4 Å². The highest BCUT2D eigenvalue weighted by Gasteiger charge is 2.20. The lowest BCUT2D eigenvalue weighted by molar-refractivity contribution is -0.114. The van der Waals surface area contributed by atoms with Crippen LogP contribution in [0.2, 0.25) is 0 Å². The van der Waals surface area contributed by atoms with Crippen molar-refractivity contribution in [3.05, 3.63) is 42.0 Å². The van der Waals surface area contributed by atoms with Crippen molar-refractivity contribution in [2.75, 3.05) is 17.7 Å². The normalized spacial score (nSPS) is 10.8. The third-order valence-electron chi connectivity index (χ3n) is 3.58. The van der Waals surface area contributed by atoms with Crippen LogP contribution >= 0.6 is 11.3 Å². The number of para-hydroxylation sites is 1. The summed E-state index contributed by atoms with van der Waals surface area (Å²) in [6.07, 6.45) is 0. The predicted molar refractivity (Wildman–Crippen MR) is 102 cm³/mol. The summed E-state index contributed by atoms with van der Waals surface area (Å²) < 4.78 is 35.7. The molecule has 7 nitrogen and oxygen atoms in total. The van der Waals surface area contributed by atoms with E-state index in [0.29, 0.717) is 16.3 Å². The molecule has 1 aromatic heterocycles. The summed E-state index contributed by atoms with van der Waals surface area (Å²) in [5, 5.41) is 5.67. The van der Waals surface area contributed by atoms with E-state index in [-0.39, 0.29) is 23.0 Å². The molecule has 0 bridgehead atoms. The monoisotopic (exact) mass is 407 g/mol. The number of fused-ring (bicyclic) bond motifs is 1. The maximum atomic E-state index is 12.7. The Morgan fingerprint density at radius 3 is 2.64 bits per heavy atom. The zero-order valence-electron chi connectivity index (χ0n) is 14.8. The number of thiazole rings is 1. The Bertz CT molecular complexity index is 1040. The largest absolute Gasteiger partial charge is 0.493 e. The third kappa shape index (κ3) is 4.34. The van der Waals surface area contributed by atoms with Crippen molar-refractivity contribution < 1.29 is 27.8 Å². The molecule has 28 heavy (non-hydrogen) atoms. The van der Waals surface area contributed by atoms with Crippen molar-refractivity contribution in [2.45, 2.75) is 13.5 Å². The summed E-state index contributed by atoms with van der Waals surface area (Å²) in [6.45, 7) is -1.73. The molecule has 0 aliphatic rings. The molecule has 3 rings (SSSR count). The Hall–Kier alpha value is -3.27. The Balaban J connectivity index is 1.87. The molecule has 0 atom stereocenters. The number of nitrogens with zero attached hydrogens (tertiary/aromatic N) is 1. The Morgan fingerprint density at radius 1 is 1.18 bits per heavy atom. The number of benzene rings is 2. The summed E-state index contributed by atoms with van der Waals surface area (Å²) in [6, 6.07) is 9.24. The van der Waals surface area contributed by atoms with Gasteiger partial charge in [-0.15, -0.1) is 0 Å². The fourth-order valence-corrected chi connectivity index (χ4v) is 3.42. The van der Waals surface area contributed by atoms with Crippen LogP contribution in [0.3, 0.4) is 0 Å². The summed E-state index contributed by atoms with van der Waals surface area (Å²) in [4.78, 5) is 28.0. The first-order valence-corrected chi connectivity index (χ1v) is 8.80. The van der Waals surface area contributed by atoms with Crippen molar-refractivity contribution in [1.82, 2.24) is 4.98 Å². The highest BCUT2D eigenvalue weighted by molar-refractivity contribution is 7.22. The quantitative estimate of drug-likeness (QED) is 0.642. The average Bonchev–Trinajstić information content (AvgIpc) is 3.01. The molecule has 2 aromatic carbocycles. The second kappa shape index (κ2) is 8.17. The number of carbonyl (C=O) groups excluding carboxylic acids is 2. The maximum Gasteiger partial charge on any atom is 0.387 e. The van der Waals surface area contributed by atoms with Crippen LogP contribution < -0.4 is 20.1 Å². The van der Waals surface area contributed by atoms with Gasteiger partial charge in [0.2, 0.25) is 5.91 Å². The molecule has 0 saturated carbocycles. The van der Waals surface area contributed by atoms with E-state index < -0.39 is 12.5 Å². The smallest absolute Gasteiger partial charge is 0.387 e. The summed E-state index contributed by atoms with van der Waals surface area (Å²) >= 11 is 1.24. The minimum atomic E-state index is -3.11. The van der Waals surface area contributed by atoms with Crippen LogP contribution in [0.25, 0.3) is 10.2 Å². The van der Waals surface area contributed by atoms with Crippen LogP contribution in [0, 0.1) is 0 Å². The van der Waals surface area contributed by atoms with Gasteiger partial charge in [0.05, 0.1) is 22.9 Å². The number of anilines is 2. The van der Waals surface area contributed by atoms with E-state index in [2.05, 4.69) is 20.4 Å². The number of rotatable bonds is 6. The van der Waals surface area contributed by atoms with Gasteiger partial charge in [-0.05, 0) is 30.3 Å². The summed E-state index contributed by atoms with van der Waals surface area (Å²) in [7, 11) is 1.29. The molecule has 2 N–H and O–H groups in total. The zero-order valence-corrected chi connectivity index (χ0v) is 15.6. The van der Waals surface area contributed by atoms with Gasteiger partial charge >= 0.3 is 6.61 Å². The molecule has 1 heterocycles. The zero-order chi connectivity index (χ0) is 20.3. The number of ether oxygens (including phenoxy) is 2. The first-order valence-electron chi connectivity index (χ1n) is 7.98. The van der Waals surface area contributed by atoms with Crippen LogP contribution in [-0.4, -0.2) is 30.5 Å². The highest BCUT2D eigenvalue weighted by atomic mass is 32.1. The van der Waals surface area contributed by atoms with Gasteiger partial charge in [0, 0.05) is 12.6 Å². The lowest BCUT2D eigenvalue weighted by Crippen LogP contribution is -2.15. The van der Waals surface area contributed by atoms with E-state index >= 15 is 0 Å². The molecule has 2 amide bonds. The molecular weight excluding hydrogens is 392 g/mol. The average molecular weight is 407 g/mol. The van der Waals surface area contributed by atoms with Gasteiger partial charge in [0.25, 0.3) is 5.91 Å². The van der Waals surface area contributed by atoms with E-state index in [0.717, 1.165) is 4.70 Å². The molecule has 10 heteroatoms. The van der Waals surface area contributed by atoms with Gasteiger partial charge < -0.3 is 20.1 Å². The molecule has 0 unspecified atom stereocenters. The number of aromatic nitrogens is 1. The Kier molecular flexibility index (Phi) is 5.69. The number of alkyl halides is 2.